The summed E-state index contributed by atoms with van der Waals surface area (Å²) in [6, 6.07) is 8.12. The second-order valence-corrected chi connectivity index (χ2v) is 8.16. The van der Waals surface area contributed by atoms with Crippen LogP contribution in [0.3, 0.4) is 0 Å². The van der Waals surface area contributed by atoms with Crippen LogP contribution in [0, 0.1) is 10.6 Å². The number of anilines is 1. The van der Waals surface area contributed by atoms with E-state index in [1.165, 1.54) is 12.7 Å². The van der Waals surface area contributed by atoms with Crippen molar-refractivity contribution in [3.63, 3.8) is 0 Å². The molecule has 0 bridgehead atoms. The van der Waals surface area contributed by atoms with Crippen molar-refractivity contribution in [2.75, 3.05) is 25.5 Å². The monoisotopic (exact) mass is 352 g/mol. The molecule has 1 aromatic rings. The number of hydroxylamine groups is 3. The highest BCUT2D eigenvalue weighted by atomic mass is 16.6. The van der Waals surface area contributed by atoms with Gasteiger partial charge in [-0.25, -0.2) is 4.79 Å². The second kappa shape index (κ2) is 4.99. The fourth-order valence-electron chi connectivity index (χ4n) is 6.30. The van der Waals surface area contributed by atoms with Crippen LogP contribution in [-0.4, -0.2) is 36.9 Å². The molecule has 0 saturated carbocycles. The highest BCUT2D eigenvalue weighted by molar-refractivity contribution is 5.93. The Hall–Kier alpha value is -2.11. The Labute approximate surface area is 153 Å². The molecule has 1 spiro atoms. The first-order chi connectivity index (χ1) is 12.5. The van der Waals surface area contributed by atoms with Gasteiger partial charge in [0.15, 0.2) is 0 Å². The summed E-state index contributed by atoms with van der Waals surface area (Å²) in [5.74, 6) is -0.277. The number of benzene rings is 1. The first-order valence-corrected chi connectivity index (χ1v) is 9.45. The van der Waals surface area contributed by atoms with Crippen LogP contribution in [0.1, 0.15) is 31.7 Å². The number of carbonyl (C=O) groups is 1. The molecule has 5 heteroatoms. The minimum Gasteiger partial charge on any atom is -0.632 e. The van der Waals surface area contributed by atoms with Gasteiger partial charge in [-0.15, -0.1) is 0 Å². The summed E-state index contributed by atoms with van der Waals surface area (Å²) >= 11 is 0. The SMILES string of the molecule is CCC12C=CC[N+]3([O-])CCC4(C(=C(C(=O)OC)C1)Nc1ccccc14)C23. The van der Waals surface area contributed by atoms with Crippen molar-refractivity contribution in [1.29, 1.82) is 0 Å². The molecular weight excluding hydrogens is 328 g/mol. The Kier molecular flexibility index (Phi) is 3.09. The zero-order valence-electron chi connectivity index (χ0n) is 15.2. The van der Waals surface area contributed by atoms with E-state index < -0.39 is 5.41 Å². The van der Waals surface area contributed by atoms with Crippen molar-refractivity contribution in [2.45, 2.75) is 37.6 Å². The number of ether oxygens (including phenoxy) is 1. The molecule has 1 aliphatic carbocycles. The Morgan fingerprint density at radius 1 is 1.42 bits per heavy atom. The van der Waals surface area contributed by atoms with Gasteiger partial charge >= 0.3 is 5.97 Å². The van der Waals surface area contributed by atoms with Crippen molar-refractivity contribution in [1.82, 2.24) is 0 Å². The Balaban J connectivity index is 1.86. The van der Waals surface area contributed by atoms with E-state index in [0.29, 0.717) is 25.1 Å². The van der Waals surface area contributed by atoms with E-state index in [2.05, 4.69) is 24.4 Å². The van der Waals surface area contributed by atoms with Crippen LogP contribution in [0.2, 0.25) is 0 Å². The summed E-state index contributed by atoms with van der Waals surface area (Å²) in [5.41, 5.74) is 3.11. The van der Waals surface area contributed by atoms with Crippen LogP contribution in [0.25, 0.3) is 0 Å². The maximum atomic E-state index is 13.9. The fourth-order valence-corrected chi connectivity index (χ4v) is 6.30. The normalized spacial score (nSPS) is 39.1. The van der Waals surface area contributed by atoms with Crippen LogP contribution in [0.4, 0.5) is 5.69 Å². The number of esters is 1. The highest BCUT2D eigenvalue weighted by Gasteiger charge is 2.70. The van der Waals surface area contributed by atoms with E-state index in [1.807, 2.05) is 24.3 Å². The number of hydrogen-bond donors (Lipinski definition) is 1. The largest absolute Gasteiger partial charge is 0.632 e. The lowest BCUT2D eigenvalue weighted by Crippen LogP contribution is -2.64. The molecule has 1 aromatic carbocycles. The maximum Gasteiger partial charge on any atom is 0.335 e. The molecule has 4 atom stereocenters. The number of nitrogens with zero attached hydrogens (tertiary/aromatic N) is 1. The van der Waals surface area contributed by atoms with Crippen molar-refractivity contribution >= 4 is 11.7 Å². The number of para-hydroxylation sites is 1. The smallest absolute Gasteiger partial charge is 0.335 e. The van der Waals surface area contributed by atoms with E-state index in [0.717, 1.165) is 24.2 Å². The van der Waals surface area contributed by atoms with Gasteiger partial charge in [0.25, 0.3) is 0 Å². The molecule has 3 aliphatic heterocycles. The average Bonchev–Trinajstić information content (AvgIpc) is 3.17. The van der Waals surface area contributed by atoms with E-state index in [-0.39, 0.29) is 22.1 Å². The predicted octanol–water partition coefficient (Wildman–Crippen LogP) is 3.23. The topological polar surface area (TPSA) is 61.4 Å². The van der Waals surface area contributed by atoms with Crippen LogP contribution in [-0.2, 0) is 14.9 Å². The highest BCUT2D eigenvalue weighted by Crippen LogP contribution is 2.66. The van der Waals surface area contributed by atoms with E-state index in [1.54, 1.807) is 0 Å². The zero-order chi connectivity index (χ0) is 18.2. The first-order valence-electron chi connectivity index (χ1n) is 9.45. The van der Waals surface area contributed by atoms with Gasteiger partial charge in [0.05, 0.1) is 31.2 Å². The van der Waals surface area contributed by atoms with Gasteiger partial charge < -0.3 is 19.9 Å². The Bertz CT molecular complexity index is 876. The van der Waals surface area contributed by atoms with Crippen molar-refractivity contribution < 1.29 is 14.2 Å². The van der Waals surface area contributed by atoms with Crippen LogP contribution in [0.5, 0.6) is 0 Å². The minimum absolute atomic E-state index is 0.0930. The van der Waals surface area contributed by atoms with Gasteiger partial charge in [-0.05, 0) is 30.5 Å². The lowest BCUT2D eigenvalue weighted by Gasteiger charge is -2.58. The van der Waals surface area contributed by atoms with Crippen LogP contribution in [0.15, 0.2) is 47.7 Å². The lowest BCUT2D eigenvalue weighted by atomic mass is 9.55. The maximum absolute atomic E-state index is 13.9. The summed E-state index contributed by atoms with van der Waals surface area (Å²) < 4.78 is 4.97. The number of methoxy groups -OCH3 is 1. The van der Waals surface area contributed by atoms with Gasteiger partial charge in [0, 0.05) is 23.2 Å². The second-order valence-electron chi connectivity index (χ2n) is 8.16. The molecule has 136 valence electrons. The van der Waals surface area contributed by atoms with Gasteiger partial charge in [0.1, 0.15) is 6.04 Å². The zero-order valence-corrected chi connectivity index (χ0v) is 15.2. The Morgan fingerprint density at radius 3 is 3.00 bits per heavy atom. The number of hydrogen-bond acceptors (Lipinski definition) is 4. The van der Waals surface area contributed by atoms with E-state index in [4.69, 9.17) is 4.74 Å². The first kappa shape index (κ1) is 16.1. The summed E-state index contributed by atoms with van der Waals surface area (Å²) in [4.78, 5) is 12.7. The molecule has 0 radical (unpaired) electrons. The molecule has 3 heterocycles. The molecule has 1 N–H and O–H groups in total. The molecule has 26 heavy (non-hydrogen) atoms. The summed E-state index contributed by atoms with van der Waals surface area (Å²) in [5, 5.41) is 17.4. The number of quaternary nitrogens is 1. The molecule has 5 nitrogen and oxygen atoms in total. The van der Waals surface area contributed by atoms with Crippen molar-refractivity contribution in [2.24, 2.45) is 5.41 Å². The fraction of sp³-hybridized carbons (Fsp3) is 0.476. The number of rotatable bonds is 2. The summed E-state index contributed by atoms with van der Waals surface area (Å²) in [6.07, 6.45) is 6.44. The molecule has 1 saturated heterocycles. The third-order valence-corrected chi connectivity index (χ3v) is 7.24. The summed E-state index contributed by atoms with van der Waals surface area (Å²) in [7, 11) is 1.44. The number of fused-ring (bicyclic) bond motifs is 1. The van der Waals surface area contributed by atoms with Gasteiger partial charge in [0.2, 0.25) is 0 Å². The number of carbonyl (C=O) groups excluding carboxylic acids is 1. The minimum atomic E-state index is -0.416. The predicted molar refractivity (Wildman–Crippen MR) is 99.0 cm³/mol. The third kappa shape index (κ3) is 1.66. The Morgan fingerprint density at radius 2 is 2.23 bits per heavy atom. The molecule has 4 unspecified atom stereocenters. The molecule has 0 aromatic heterocycles. The molecule has 5 rings (SSSR count). The molecule has 1 fully saturated rings. The van der Waals surface area contributed by atoms with Crippen LogP contribution < -0.4 is 5.32 Å². The standard InChI is InChI=1S/C21H24N2O3/c1-3-20-9-6-11-23(25)12-10-21(19(20)23)15-7-4-5-8-16(15)22-17(21)14(13-20)18(24)26-2/h4-9,19,22H,3,10-13H2,1-2H3. The van der Waals surface area contributed by atoms with Crippen molar-refractivity contribution in [3.05, 3.63) is 58.5 Å². The van der Waals surface area contributed by atoms with Gasteiger partial charge in [-0.1, -0.05) is 31.2 Å². The number of nitrogens with one attached hydrogen (secondary N) is 1. The van der Waals surface area contributed by atoms with Crippen molar-refractivity contribution in [3.8, 4) is 0 Å². The average molecular weight is 352 g/mol. The molecular formula is C21H24N2O3. The van der Waals surface area contributed by atoms with E-state index >= 15 is 0 Å². The lowest BCUT2D eigenvalue weighted by molar-refractivity contribution is -0.898. The van der Waals surface area contributed by atoms with E-state index in [9.17, 15) is 10.0 Å². The quantitative estimate of drug-likeness (QED) is 0.384. The van der Waals surface area contributed by atoms with Crippen LogP contribution >= 0.6 is 0 Å². The summed E-state index contributed by atoms with van der Waals surface area (Å²) in [6.45, 7) is 3.25. The molecule has 0 amide bonds. The molecule has 4 aliphatic rings. The third-order valence-electron chi connectivity index (χ3n) is 7.24. The van der Waals surface area contributed by atoms with Gasteiger partial charge in [-0.3, -0.25) is 0 Å². The van der Waals surface area contributed by atoms with Gasteiger partial charge in [-0.2, -0.15) is 0 Å².